The number of amides is 2. The van der Waals surface area contributed by atoms with Gasteiger partial charge in [0.1, 0.15) is 23.9 Å². The largest absolute Gasteiger partial charge is 0.497 e. The summed E-state index contributed by atoms with van der Waals surface area (Å²) in [4.78, 5) is 29.0. The number of hydrogen-bond donors (Lipinski definition) is 1. The fourth-order valence-corrected chi connectivity index (χ4v) is 6.93. The number of fused-ring (bicyclic) bond motifs is 1. The van der Waals surface area contributed by atoms with Gasteiger partial charge in [-0.15, -0.1) is 11.8 Å². The minimum absolute atomic E-state index is 0.00224. The fraction of sp³-hybridized carbons (Fsp3) is 0.324. The van der Waals surface area contributed by atoms with E-state index in [1.165, 1.54) is 11.8 Å². The summed E-state index contributed by atoms with van der Waals surface area (Å²) >= 11 is 1.49. The predicted molar refractivity (Wildman–Crippen MR) is 172 cm³/mol. The van der Waals surface area contributed by atoms with Gasteiger partial charge in [-0.1, -0.05) is 48.0 Å². The molecule has 0 unspecified atom stereocenters. The topological polar surface area (TPSA) is 94.9 Å². The lowest BCUT2D eigenvalue weighted by Gasteiger charge is -2.24. The molecule has 3 heterocycles. The van der Waals surface area contributed by atoms with Gasteiger partial charge < -0.3 is 19.5 Å². The molecule has 0 radical (unpaired) electrons. The lowest BCUT2D eigenvalue weighted by atomic mass is 9.98. The molecule has 1 aromatic heterocycles. The highest BCUT2D eigenvalue weighted by Crippen LogP contribution is 2.51. The van der Waals surface area contributed by atoms with E-state index in [-0.39, 0.29) is 35.5 Å². The van der Waals surface area contributed by atoms with E-state index >= 15 is 0 Å². The van der Waals surface area contributed by atoms with Gasteiger partial charge in [-0.2, -0.15) is 5.10 Å². The summed E-state index contributed by atoms with van der Waals surface area (Å²) in [5.74, 6) is 1.63. The summed E-state index contributed by atoms with van der Waals surface area (Å²) in [6.45, 7) is 3.00. The summed E-state index contributed by atoms with van der Waals surface area (Å²) in [6, 6.07) is 23.6. The number of aryl methyl sites for hydroxylation is 1. The van der Waals surface area contributed by atoms with Gasteiger partial charge in [-0.3, -0.25) is 14.5 Å². The van der Waals surface area contributed by atoms with Crippen LogP contribution in [0.1, 0.15) is 34.8 Å². The highest BCUT2D eigenvalue weighted by Gasteiger charge is 2.39. The van der Waals surface area contributed by atoms with Crippen molar-refractivity contribution in [3.63, 3.8) is 0 Å². The maximum Gasteiger partial charge on any atom is 0.240 e. The summed E-state index contributed by atoms with van der Waals surface area (Å²) in [6.07, 6.45) is 1.89. The van der Waals surface area contributed by atoms with Crippen molar-refractivity contribution in [1.82, 2.24) is 15.1 Å². The molecule has 2 aliphatic rings. The molecular formula is C34H36N4O5S. The Morgan fingerprint density at radius 1 is 1.07 bits per heavy atom. The molecular weight excluding hydrogens is 576 g/mol. The van der Waals surface area contributed by atoms with E-state index in [0.29, 0.717) is 30.5 Å². The first kappa shape index (κ1) is 29.8. The molecule has 1 saturated heterocycles. The number of anilines is 1. The number of thioether (sulfide) groups is 1. The number of carbonyl (C=O) groups is 2. The fourth-order valence-electron chi connectivity index (χ4n) is 5.72. The van der Waals surface area contributed by atoms with Gasteiger partial charge in [0.05, 0.1) is 42.7 Å². The van der Waals surface area contributed by atoms with Crippen LogP contribution in [0.25, 0.3) is 16.9 Å². The third-order valence-corrected chi connectivity index (χ3v) is 9.22. The summed E-state index contributed by atoms with van der Waals surface area (Å²) in [5.41, 5.74) is 5.20. The van der Waals surface area contributed by atoms with Gasteiger partial charge in [0.2, 0.25) is 11.8 Å². The third-order valence-electron chi connectivity index (χ3n) is 7.99. The molecule has 2 aliphatic heterocycles. The summed E-state index contributed by atoms with van der Waals surface area (Å²) < 4.78 is 18.9. The number of nitrogens with zero attached hydrogens (tertiary/aromatic N) is 3. The maximum absolute atomic E-state index is 14.0. The number of nitrogens with one attached hydrogen (secondary N) is 1. The zero-order chi connectivity index (χ0) is 30.6. The highest BCUT2D eigenvalue weighted by atomic mass is 32.2. The molecule has 6 rings (SSSR count). The normalized spacial score (nSPS) is 18.1. The van der Waals surface area contributed by atoms with Crippen LogP contribution >= 0.6 is 11.8 Å². The first-order valence-corrected chi connectivity index (χ1v) is 15.8. The van der Waals surface area contributed by atoms with Gasteiger partial charge in [0.25, 0.3) is 0 Å². The van der Waals surface area contributed by atoms with E-state index in [4.69, 9.17) is 19.3 Å². The number of aromatic nitrogens is 2. The molecule has 9 nitrogen and oxygen atoms in total. The van der Waals surface area contributed by atoms with Crippen LogP contribution in [0.3, 0.4) is 0 Å². The van der Waals surface area contributed by atoms with Crippen molar-refractivity contribution in [3.8, 4) is 28.4 Å². The smallest absolute Gasteiger partial charge is 0.240 e. The van der Waals surface area contributed by atoms with Gasteiger partial charge in [-0.05, 0) is 50.1 Å². The Morgan fingerprint density at radius 3 is 2.57 bits per heavy atom. The van der Waals surface area contributed by atoms with Crippen LogP contribution in [0, 0.1) is 6.92 Å². The first-order valence-electron chi connectivity index (χ1n) is 14.7. The molecule has 0 saturated carbocycles. The molecule has 2 amide bonds. The predicted octanol–water partition coefficient (Wildman–Crippen LogP) is 5.33. The second-order valence-corrected chi connectivity index (χ2v) is 12.0. The van der Waals surface area contributed by atoms with Gasteiger partial charge in [0.15, 0.2) is 0 Å². The van der Waals surface area contributed by atoms with Crippen molar-refractivity contribution in [3.05, 3.63) is 89.5 Å². The van der Waals surface area contributed by atoms with E-state index in [9.17, 15) is 9.59 Å². The molecule has 0 spiro atoms. The van der Waals surface area contributed by atoms with Crippen LogP contribution in [0.15, 0.2) is 72.8 Å². The Balaban J connectivity index is 1.55. The summed E-state index contributed by atoms with van der Waals surface area (Å²) in [5, 5.41) is 7.81. The first-order chi connectivity index (χ1) is 21.5. The second kappa shape index (κ2) is 13.2. The maximum atomic E-state index is 14.0. The molecule has 44 heavy (non-hydrogen) atoms. The standard InChI is InChI=1S/C34H36N4O5S/c1-22-11-13-24(14-12-22)38-34-31(32(36-38)23-8-5-4-6-9-23)33(27-18-25(41-2)15-16-28(27)42-3)44-21-30(40)37(34)20-29(39)35-19-26-10-7-17-43-26/h4-6,8-9,11-16,18,26,33H,7,10,17,19-21H2,1-3H3,(H,35,39)/t26-,33-/m0/s1. The quantitative estimate of drug-likeness (QED) is 0.273. The van der Waals surface area contributed by atoms with Crippen molar-refractivity contribution < 1.29 is 23.8 Å². The number of benzene rings is 3. The molecule has 2 atom stereocenters. The highest BCUT2D eigenvalue weighted by molar-refractivity contribution is 8.00. The van der Waals surface area contributed by atoms with E-state index in [2.05, 4.69) is 5.32 Å². The Hall–Kier alpha value is -4.28. The van der Waals surface area contributed by atoms with Gasteiger partial charge >= 0.3 is 0 Å². The Bertz CT molecular complexity index is 1630. The number of methoxy groups -OCH3 is 2. The van der Waals surface area contributed by atoms with Gasteiger partial charge in [-0.25, -0.2) is 4.68 Å². The zero-order valence-corrected chi connectivity index (χ0v) is 25.9. The van der Waals surface area contributed by atoms with Crippen molar-refractivity contribution in [2.45, 2.75) is 31.1 Å². The lowest BCUT2D eigenvalue weighted by Crippen LogP contribution is -2.44. The number of ether oxygens (including phenoxy) is 3. The number of carbonyl (C=O) groups excluding carboxylic acids is 2. The molecule has 10 heteroatoms. The third kappa shape index (κ3) is 6.05. The minimum Gasteiger partial charge on any atom is -0.497 e. The van der Waals surface area contributed by atoms with E-state index in [1.807, 2.05) is 79.7 Å². The molecule has 0 bridgehead atoms. The van der Waals surface area contributed by atoms with E-state index in [1.54, 1.807) is 23.8 Å². The van der Waals surface area contributed by atoms with Crippen LogP contribution in [0.5, 0.6) is 11.5 Å². The molecule has 228 valence electrons. The SMILES string of the molecule is COc1ccc(OC)c([C@@H]2SCC(=O)N(CC(=O)NC[C@@H]3CCCO3)c3c2c(-c2ccccc2)nn3-c2ccc(C)cc2)c1. The average molecular weight is 613 g/mol. The molecule has 1 N–H and O–H groups in total. The minimum atomic E-state index is -0.353. The van der Waals surface area contributed by atoms with Crippen LogP contribution in [-0.4, -0.2) is 67.4 Å². The van der Waals surface area contributed by atoms with Crippen molar-refractivity contribution in [2.75, 3.05) is 44.6 Å². The lowest BCUT2D eigenvalue weighted by molar-refractivity contribution is -0.123. The number of rotatable bonds is 9. The van der Waals surface area contributed by atoms with Crippen LogP contribution in [0.4, 0.5) is 5.82 Å². The van der Waals surface area contributed by atoms with Crippen molar-refractivity contribution in [1.29, 1.82) is 0 Å². The van der Waals surface area contributed by atoms with E-state index < -0.39 is 0 Å². The Labute approximate surface area is 261 Å². The van der Waals surface area contributed by atoms with E-state index in [0.717, 1.165) is 46.5 Å². The Kier molecular flexibility index (Phi) is 8.90. The molecule has 0 aliphatic carbocycles. The molecule has 1 fully saturated rings. The second-order valence-electron chi connectivity index (χ2n) is 10.9. The summed E-state index contributed by atoms with van der Waals surface area (Å²) in [7, 11) is 3.26. The van der Waals surface area contributed by atoms with Crippen molar-refractivity contribution in [2.24, 2.45) is 0 Å². The molecule has 3 aromatic carbocycles. The van der Waals surface area contributed by atoms with Crippen LogP contribution < -0.4 is 19.7 Å². The number of hydrogen-bond acceptors (Lipinski definition) is 7. The van der Waals surface area contributed by atoms with Crippen LogP contribution in [0.2, 0.25) is 0 Å². The zero-order valence-electron chi connectivity index (χ0n) is 25.1. The van der Waals surface area contributed by atoms with Crippen molar-refractivity contribution >= 4 is 29.4 Å². The van der Waals surface area contributed by atoms with Gasteiger partial charge in [0, 0.05) is 29.8 Å². The Morgan fingerprint density at radius 2 is 1.86 bits per heavy atom. The molecule has 4 aromatic rings. The van der Waals surface area contributed by atoms with Crippen LogP contribution in [-0.2, 0) is 14.3 Å². The average Bonchev–Trinajstić information content (AvgIpc) is 3.69. The monoisotopic (exact) mass is 612 g/mol.